The van der Waals surface area contributed by atoms with Gasteiger partial charge in [0.05, 0.1) is 41.5 Å². The van der Waals surface area contributed by atoms with Gasteiger partial charge >= 0.3 is 5.97 Å². The molecule has 10 heteroatoms. The van der Waals surface area contributed by atoms with Crippen molar-refractivity contribution in [3.8, 4) is 0 Å². The Balaban J connectivity index is 3.02. The first-order valence-corrected chi connectivity index (χ1v) is 15.8. The standard InChI is InChI=1S/C32H64N2O8/c1-13-15-32(10,40)27(36)22(5)34(12)18-20(3)17-31(9,39)19-30(7,8)28(21(4)29(37)38)42-25-16-24(33(11)14-2)26(35)23(6)41-25/h20-28,35-36,39-40H,13-19H2,1-12H3,(H,37,38)/t20-,21-,22-,23?,24?,25+,26-,27-,28?,31?,32?/m1/s1. The van der Waals surface area contributed by atoms with E-state index in [-0.39, 0.29) is 18.0 Å². The molecular weight excluding hydrogens is 540 g/mol. The lowest BCUT2D eigenvalue weighted by molar-refractivity contribution is -0.271. The molecule has 1 heterocycles. The number of nitrogens with zero attached hydrogens (tertiary/aromatic N) is 2. The van der Waals surface area contributed by atoms with Gasteiger partial charge in [0.25, 0.3) is 0 Å². The van der Waals surface area contributed by atoms with Crippen LogP contribution >= 0.6 is 0 Å². The number of carboxylic acids is 1. The number of aliphatic hydroxyl groups excluding tert-OH is 2. The second-order valence-corrected chi connectivity index (χ2v) is 14.5. The molecule has 1 aliphatic heterocycles. The van der Waals surface area contributed by atoms with E-state index in [1.807, 2.05) is 60.5 Å². The van der Waals surface area contributed by atoms with Crippen molar-refractivity contribution in [2.75, 3.05) is 27.2 Å². The molecule has 42 heavy (non-hydrogen) atoms. The largest absolute Gasteiger partial charge is 0.481 e. The van der Waals surface area contributed by atoms with Crippen LogP contribution in [0, 0.1) is 17.3 Å². The summed E-state index contributed by atoms with van der Waals surface area (Å²) < 4.78 is 12.4. The Morgan fingerprint density at radius 3 is 2.17 bits per heavy atom. The highest BCUT2D eigenvalue weighted by Crippen LogP contribution is 2.41. The number of aliphatic carboxylic acids is 1. The van der Waals surface area contributed by atoms with E-state index in [0.29, 0.717) is 32.2 Å². The number of hydrogen-bond donors (Lipinski definition) is 5. The van der Waals surface area contributed by atoms with Crippen molar-refractivity contribution in [1.29, 1.82) is 0 Å². The van der Waals surface area contributed by atoms with E-state index in [0.717, 1.165) is 13.0 Å². The quantitative estimate of drug-likeness (QED) is 0.158. The molecule has 1 aliphatic rings. The van der Waals surface area contributed by atoms with Gasteiger partial charge in [0.15, 0.2) is 6.29 Å². The zero-order chi connectivity index (χ0) is 32.8. The molecule has 1 rings (SSSR count). The van der Waals surface area contributed by atoms with Crippen LogP contribution in [0.25, 0.3) is 0 Å². The SMILES string of the molecule is CCCC(C)(O)[C@H](O)[C@@H](C)N(C)C[C@H](C)CC(C)(O)CC(C)(C)C(O[C@H]1CC(N(C)CC)[C@H](O)C(C)O1)[C@@H](C)C(=O)O. The van der Waals surface area contributed by atoms with E-state index in [1.165, 1.54) is 0 Å². The van der Waals surface area contributed by atoms with Crippen LogP contribution in [0.1, 0.15) is 101 Å². The van der Waals surface area contributed by atoms with Gasteiger partial charge in [-0.1, -0.05) is 41.0 Å². The van der Waals surface area contributed by atoms with Crippen molar-refractivity contribution in [1.82, 2.24) is 9.80 Å². The zero-order valence-electron chi connectivity index (χ0n) is 28.5. The van der Waals surface area contributed by atoms with Crippen molar-refractivity contribution in [2.45, 2.75) is 155 Å². The van der Waals surface area contributed by atoms with E-state index in [1.54, 1.807) is 27.7 Å². The van der Waals surface area contributed by atoms with Gasteiger partial charge in [-0.3, -0.25) is 4.79 Å². The molecule has 11 atom stereocenters. The van der Waals surface area contributed by atoms with Gasteiger partial charge in [-0.2, -0.15) is 0 Å². The summed E-state index contributed by atoms with van der Waals surface area (Å²) in [6.07, 6.45) is -1.08. The van der Waals surface area contributed by atoms with Crippen LogP contribution in [0.2, 0.25) is 0 Å². The minimum atomic E-state index is -1.18. The Morgan fingerprint density at radius 2 is 1.67 bits per heavy atom. The molecule has 0 aromatic heterocycles. The summed E-state index contributed by atoms with van der Waals surface area (Å²) in [5, 5.41) is 53.8. The molecule has 0 aromatic rings. The van der Waals surface area contributed by atoms with Crippen LogP contribution in [-0.2, 0) is 14.3 Å². The smallest absolute Gasteiger partial charge is 0.308 e. The second kappa shape index (κ2) is 15.9. The maximum absolute atomic E-state index is 12.2. The number of likely N-dealkylation sites (N-methyl/N-ethyl adjacent to an activating group) is 2. The Bertz CT molecular complexity index is 822. The topological polar surface area (TPSA) is 143 Å². The molecular formula is C32H64N2O8. The van der Waals surface area contributed by atoms with Crippen molar-refractivity contribution in [2.24, 2.45) is 17.3 Å². The molecule has 5 N–H and O–H groups in total. The fraction of sp³-hybridized carbons (Fsp3) is 0.969. The summed E-state index contributed by atoms with van der Waals surface area (Å²) in [6.45, 7) is 20.0. The minimum absolute atomic E-state index is 0.0530. The average molecular weight is 605 g/mol. The molecule has 0 saturated carbocycles. The first-order valence-electron chi connectivity index (χ1n) is 15.8. The molecule has 1 saturated heterocycles. The molecule has 0 spiro atoms. The van der Waals surface area contributed by atoms with Crippen molar-refractivity contribution in [3.05, 3.63) is 0 Å². The summed E-state index contributed by atoms with van der Waals surface area (Å²) in [6, 6.07) is -0.461. The number of hydrogen-bond acceptors (Lipinski definition) is 9. The molecule has 0 amide bonds. The van der Waals surface area contributed by atoms with Gasteiger partial charge in [-0.25, -0.2) is 0 Å². The van der Waals surface area contributed by atoms with Gasteiger partial charge in [0, 0.05) is 25.0 Å². The van der Waals surface area contributed by atoms with Gasteiger partial charge in [-0.05, 0) is 85.9 Å². The lowest BCUT2D eigenvalue weighted by atomic mass is 9.71. The number of carboxylic acid groups (broad SMARTS) is 1. The Kier molecular flexibility index (Phi) is 14.9. The van der Waals surface area contributed by atoms with E-state index in [9.17, 15) is 30.3 Å². The normalized spacial score (nSPS) is 28.5. The molecule has 0 bridgehead atoms. The molecule has 1 fully saturated rings. The van der Waals surface area contributed by atoms with Crippen molar-refractivity contribution >= 4 is 5.97 Å². The first kappa shape index (κ1) is 39.2. The number of carbonyl (C=O) groups is 1. The van der Waals surface area contributed by atoms with Crippen molar-refractivity contribution < 1.29 is 39.8 Å². The predicted molar refractivity (Wildman–Crippen MR) is 165 cm³/mol. The van der Waals surface area contributed by atoms with Crippen LogP contribution in [0.3, 0.4) is 0 Å². The highest BCUT2D eigenvalue weighted by atomic mass is 16.7. The lowest BCUT2D eigenvalue weighted by Crippen LogP contribution is -2.56. The molecule has 0 radical (unpaired) electrons. The van der Waals surface area contributed by atoms with E-state index < -0.39 is 59.2 Å². The van der Waals surface area contributed by atoms with Crippen LogP contribution in [0.4, 0.5) is 0 Å². The van der Waals surface area contributed by atoms with Crippen LogP contribution in [0.15, 0.2) is 0 Å². The summed E-state index contributed by atoms with van der Waals surface area (Å²) in [4.78, 5) is 16.2. The van der Waals surface area contributed by atoms with E-state index in [2.05, 4.69) is 4.90 Å². The van der Waals surface area contributed by atoms with E-state index in [4.69, 9.17) is 9.47 Å². The summed E-state index contributed by atoms with van der Waals surface area (Å²) >= 11 is 0. The van der Waals surface area contributed by atoms with E-state index >= 15 is 0 Å². The predicted octanol–water partition coefficient (Wildman–Crippen LogP) is 3.33. The van der Waals surface area contributed by atoms with Crippen LogP contribution in [0.5, 0.6) is 0 Å². The fourth-order valence-corrected chi connectivity index (χ4v) is 7.10. The minimum Gasteiger partial charge on any atom is -0.481 e. The lowest BCUT2D eigenvalue weighted by Gasteiger charge is -2.46. The summed E-state index contributed by atoms with van der Waals surface area (Å²) in [5.74, 6) is -1.79. The number of ether oxygens (including phenoxy) is 2. The molecule has 0 aliphatic carbocycles. The number of aliphatic hydroxyl groups is 4. The Hall–Kier alpha value is -0.850. The third-order valence-electron chi connectivity index (χ3n) is 9.42. The number of rotatable bonds is 18. The van der Waals surface area contributed by atoms with Gasteiger partial charge < -0.3 is 44.8 Å². The monoisotopic (exact) mass is 604 g/mol. The van der Waals surface area contributed by atoms with Crippen LogP contribution < -0.4 is 0 Å². The van der Waals surface area contributed by atoms with Gasteiger partial charge in [0.2, 0.25) is 0 Å². The Labute approximate surface area is 255 Å². The van der Waals surface area contributed by atoms with Crippen molar-refractivity contribution in [3.63, 3.8) is 0 Å². The zero-order valence-corrected chi connectivity index (χ0v) is 28.5. The highest BCUT2D eigenvalue weighted by Gasteiger charge is 2.46. The molecule has 250 valence electrons. The summed E-state index contributed by atoms with van der Waals surface area (Å²) in [5.41, 5.74) is -3.04. The maximum atomic E-state index is 12.2. The first-order chi connectivity index (χ1) is 19.1. The molecule has 5 unspecified atom stereocenters. The fourth-order valence-electron chi connectivity index (χ4n) is 7.10. The maximum Gasteiger partial charge on any atom is 0.308 e. The second-order valence-electron chi connectivity index (χ2n) is 14.5. The third-order valence-corrected chi connectivity index (χ3v) is 9.42. The third kappa shape index (κ3) is 10.9. The van der Waals surface area contributed by atoms with Gasteiger partial charge in [-0.15, -0.1) is 0 Å². The average Bonchev–Trinajstić information content (AvgIpc) is 2.85. The highest BCUT2D eigenvalue weighted by molar-refractivity contribution is 5.70. The summed E-state index contributed by atoms with van der Waals surface area (Å²) in [7, 11) is 3.85. The van der Waals surface area contributed by atoms with Gasteiger partial charge in [0.1, 0.15) is 0 Å². The molecule has 0 aromatic carbocycles. The Morgan fingerprint density at radius 1 is 1.10 bits per heavy atom. The molecule has 10 nitrogen and oxygen atoms in total. The van der Waals surface area contributed by atoms with Crippen LogP contribution in [-0.4, -0.2) is 122 Å².